The zero-order valence-electron chi connectivity index (χ0n) is 11.1. The maximum Gasteiger partial charge on any atom is 0.350 e. The minimum Gasteiger partial charge on any atom is -0.465 e. The Morgan fingerprint density at radius 1 is 1.55 bits per heavy atom. The number of amides is 1. The lowest BCUT2D eigenvalue weighted by Gasteiger charge is -2.11. The predicted molar refractivity (Wildman–Crippen MR) is 76.1 cm³/mol. The molecule has 0 spiro atoms. The van der Waals surface area contributed by atoms with E-state index in [1.54, 1.807) is 0 Å². The Kier molecular flexibility index (Phi) is 4.46. The largest absolute Gasteiger partial charge is 0.465 e. The van der Waals surface area contributed by atoms with Crippen molar-refractivity contribution in [2.24, 2.45) is 5.73 Å². The van der Waals surface area contributed by atoms with Gasteiger partial charge in [0.1, 0.15) is 9.88 Å². The fourth-order valence-electron chi connectivity index (χ4n) is 2.07. The van der Waals surface area contributed by atoms with Gasteiger partial charge in [-0.05, 0) is 12.8 Å². The van der Waals surface area contributed by atoms with Crippen molar-refractivity contribution in [3.8, 4) is 0 Å². The number of hydrogen-bond donors (Lipinski definition) is 3. The molecule has 0 saturated carbocycles. The van der Waals surface area contributed by atoms with Crippen LogP contribution >= 0.6 is 11.3 Å². The fraction of sp³-hybridized carbons (Fsp3) is 0.500. The van der Waals surface area contributed by atoms with Gasteiger partial charge >= 0.3 is 5.97 Å². The third kappa shape index (κ3) is 2.86. The van der Waals surface area contributed by atoms with E-state index in [0.29, 0.717) is 11.5 Å². The van der Waals surface area contributed by atoms with Gasteiger partial charge in [-0.25, -0.2) is 4.79 Å². The summed E-state index contributed by atoms with van der Waals surface area (Å²) in [5.41, 5.74) is 11.3. The number of anilines is 2. The number of nitrogen functional groups attached to an aromatic ring is 1. The van der Waals surface area contributed by atoms with Crippen LogP contribution in [0.3, 0.4) is 0 Å². The zero-order valence-corrected chi connectivity index (χ0v) is 11.9. The summed E-state index contributed by atoms with van der Waals surface area (Å²) in [5, 5.41) is 3.56. The van der Waals surface area contributed by atoms with Crippen LogP contribution in [-0.2, 0) is 9.47 Å². The number of carbonyl (C=O) groups excluding carboxylic acids is 2. The molecule has 1 unspecified atom stereocenters. The lowest BCUT2D eigenvalue weighted by molar-refractivity contribution is 0.0607. The predicted octanol–water partition coefficient (Wildman–Crippen LogP) is 0.807. The number of carbonyl (C=O) groups is 2. The number of methoxy groups -OCH3 is 1. The fourth-order valence-corrected chi connectivity index (χ4v) is 3.12. The highest BCUT2D eigenvalue weighted by Crippen LogP contribution is 2.36. The molecule has 1 amide bonds. The minimum atomic E-state index is -0.677. The normalized spacial score (nSPS) is 17.9. The molecule has 0 radical (unpaired) electrons. The van der Waals surface area contributed by atoms with E-state index in [2.05, 4.69) is 10.1 Å². The van der Waals surface area contributed by atoms with Crippen molar-refractivity contribution in [2.75, 3.05) is 31.3 Å². The summed E-state index contributed by atoms with van der Waals surface area (Å²) >= 11 is 1.06. The molecule has 7 nitrogen and oxygen atoms in total. The van der Waals surface area contributed by atoms with E-state index in [1.165, 1.54) is 7.11 Å². The Morgan fingerprint density at radius 3 is 2.85 bits per heavy atom. The first-order chi connectivity index (χ1) is 9.54. The third-order valence-corrected chi connectivity index (χ3v) is 4.22. The Balaban J connectivity index is 2.21. The second-order valence-corrected chi connectivity index (χ2v) is 5.44. The van der Waals surface area contributed by atoms with Gasteiger partial charge in [-0.2, -0.15) is 0 Å². The van der Waals surface area contributed by atoms with E-state index in [-0.39, 0.29) is 22.2 Å². The van der Waals surface area contributed by atoms with Gasteiger partial charge in [0.05, 0.1) is 24.5 Å². The van der Waals surface area contributed by atoms with Crippen molar-refractivity contribution in [1.29, 1.82) is 0 Å². The van der Waals surface area contributed by atoms with Crippen LogP contribution in [-0.4, -0.2) is 38.2 Å². The van der Waals surface area contributed by atoms with Crippen LogP contribution < -0.4 is 16.8 Å². The summed E-state index contributed by atoms with van der Waals surface area (Å²) in [4.78, 5) is 23.3. The summed E-state index contributed by atoms with van der Waals surface area (Å²) in [5.74, 6) is -1.26. The van der Waals surface area contributed by atoms with Gasteiger partial charge in [0.2, 0.25) is 0 Å². The molecule has 2 heterocycles. The average Bonchev–Trinajstić information content (AvgIpc) is 3.02. The molecule has 0 aromatic carbocycles. The molecule has 2 rings (SSSR count). The molecule has 1 aromatic rings. The van der Waals surface area contributed by atoms with Gasteiger partial charge in [-0.3, -0.25) is 4.79 Å². The van der Waals surface area contributed by atoms with E-state index in [4.69, 9.17) is 16.2 Å². The summed E-state index contributed by atoms with van der Waals surface area (Å²) in [6.45, 7) is 1.29. The maximum atomic E-state index is 11.6. The molecule has 0 bridgehead atoms. The van der Waals surface area contributed by atoms with Gasteiger partial charge in [-0.15, -0.1) is 11.3 Å². The van der Waals surface area contributed by atoms with Crippen LogP contribution in [0.15, 0.2) is 0 Å². The lowest BCUT2D eigenvalue weighted by Crippen LogP contribution is -2.20. The number of nitrogens with one attached hydrogen (secondary N) is 1. The van der Waals surface area contributed by atoms with Crippen molar-refractivity contribution in [1.82, 2.24) is 0 Å². The van der Waals surface area contributed by atoms with E-state index in [9.17, 15) is 9.59 Å². The van der Waals surface area contributed by atoms with Crippen molar-refractivity contribution < 1.29 is 19.1 Å². The summed E-state index contributed by atoms with van der Waals surface area (Å²) in [6, 6.07) is 0. The van der Waals surface area contributed by atoms with Crippen LogP contribution in [0.5, 0.6) is 0 Å². The Bertz CT molecular complexity index is 523. The number of esters is 1. The molecule has 1 aliphatic heterocycles. The van der Waals surface area contributed by atoms with Crippen molar-refractivity contribution in [3.05, 3.63) is 10.4 Å². The first kappa shape index (κ1) is 14.6. The molecule has 20 heavy (non-hydrogen) atoms. The van der Waals surface area contributed by atoms with E-state index in [0.717, 1.165) is 30.8 Å². The molecular weight excluding hydrogens is 282 g/mol. The van der Waals surface area contributed by atoms with E-state index < -0.39 is 11.9 Å². The highest BCUT2D eigenvalue weighted by Gasteiger charge is 2.25. The van der Waals surface area contributed by atoms with E-state index >= 15 is 0 Å². The second kappa shape index (κ2) is 6.10. The minimum absolute atomic E-state index is 0.0594. The molecule has 110 valence electrons. The van der Waals surface area contributed by atoms with Gasteiger partial charge in [-0.1, -0.05) is 0 Å². The topological polar surface area (TPSA) is 117 Å². The SMILES string of the molecule is COC(=O)c1sc(NCC2CCCO2)c(C(N)=O)c1N. The van der Waals surface area contributed by atoms with Gasteiger partial charge in [0, 0.05) is 13.2 Å². The van der Waals surface area contributed by atoms with E-state index in [1.807, 2.05) is 0 Å². The van der Waals surface area contributed by atoms with Crippen molar-refractivity contribution in [3.63, 3.8) is 0 Å². The Morgan fingerprint density at radius 2 is 2.30 bits per heavy atom. The number of thiophene rings is 1. The quantitative estimate of drug-likeness (QED) is 0.693. The second-order valence-electron chi connectivity index (χ2n) is 4.42. The molecule has 8 heteroatoms. The standard InChI is InChI=1S/C12H17N3O4S/c1-18-12(17)9-8(13)7(10(14)16)11(20-9)15-5-6-3-2-4-19-6/h6,15H,2-5,13H2,1H3,(H2,14,16). The molecule has 1 aliphatic rings. The smallest absolute Gasteiger partial charge is 0.350 e. The van der Waals surface area contributed by atoms with Gasteiger partial charge < -0.3 is 26.3 Å². The summed E-state index contributed by atoms with van der Waals surface area (Å²) in [7, 11) is 1.25. The summed E-state index contributed by atoms with van der Waals surface area (Å²) < 4.78 is 10.1. The number of ether oxygens (including phenoxy) is 2. The first-order valence-electron chi connectivity index (χ1n) is 6.20. The van der Waals surface area contributed by atoms with Gasteiger partial charge in [0.15, 0.2) is 0 Å². The monoisotopic (exact) mass is 299 g/mol. The summed E-state index contributed by atoms with van der Waals surface area (Å²) in [6.07, 6.45) is 2.08. The van der Waals surface area contributed by atoms with Crippen molar-refractivity contribution in [2.45, 2.75) is 18.9 Å². The van der Waals surface area contributed by atoms with Crippen LogP contribution in [0.1, 0.15) is 32.9 Å². The molecular formula is C12H17N3O4S. The van der Waals surface area contributed by atoms with Gasteiger partial charge in [0.25, 0.3) is 5.91 Å². The molecule has 1 atom stereocenters. The molecule has 1 fully saturated rings. The molecule has 5 N–H and O–H groups in total. The number of primary amides is 1. The Labute approximate surface area is 120 Å². The van der Waals surface area contributed by atoms with Crippen LogP contribution in [0, 0.1) is 0 Å². The molecule has 1 aromatic heterocycles. The maximum absolute atomic E-state index is 11.6. The number of hydrogen-bond acceptors (Lipinski definition) is 7. The van der Waals surface area contributed by atoms with Crippen LogP contribution in [0.25, 0.3) is 0 Å². The Hall–Kier alpha value is -1.80. The zero-order chi connectivity index (χ0) is 14.7. The van der Waals surface area contributed by atoms with Crippen LogP contribution in [0.4, 0.5) is 10.7 Å². The number of nitrogens with two attached hydrogens (primary N) is 2. The lowest BCUT2D eigenvalue weighted by atomic mass is 10.2. The highest BCUT2D eigenvalue weighted by atomic mass is 32.1. The van der Waals surface area contributed by atoms with Crippen LogP contribution in [0.2, 0.25) is 0 Å². The molecule has 0 aliphatic carbocycles. The highest BCUT2D eigenvalue weighted by molar-refractivity contribution is 7.19. The first-order valence-corrected chi connectivity index (χ1v) is 7.02. The molecule has 1 saturated heterocycles. The van der Waals surface area contributed by atoms with Crippen molar-refractivity contribution >= 4 is 33.9 Å². The average molecular weight is 299 g/mol. The number of rotatable bonds is 5. The third-order valence-electron chi connectivity index (χ3n) is 3.08.